The van der Waals surface area contributed by atoms with Gasteiger partial charge in [0.25, 0.3) is 0 Å². The summed E-state index contributed by atoms with van der Waals surface area (Å²) in [7, 11) is 0. The lowest BCUT2D eigenvalue weighted by Gasteiger charge is -2.32. The number of hydrogen-bond donors (Lipinski definition) is 0. The number of ether oxygens (including phenoxy) is 1. The van der Waals surface area contributed by atoms with E-state index in [1.54, 1.807) is 0 Å². The van der Waals surface area contributed by atoms with E-state index in [2.05, 4.69) is 267 Å². The van der Waals surface area contributed by atoms with Gasteiger partial charge in [-0.05, 0) is 181 Å². The van der Waals surface area contributed by atoms with Gasteiger partial charge in [-0.1, -0.05) is 317 Å². The highest BCUT2D eigenvalue weighted by Gasteiger charge is 2.28. The van der Waals surface area contributed by atoms with Gasteiger partial charge in [0, 0.05) is 111 Å². The summed E-state index contributed by atoms with van der Waals surface area (Å²) < 4.78 is 19.6. The lowest BCUT2D eigenvalue weighted by molar-refractivity contribution is 0.477. The van der Waals surface area contributed by atoms with Gasteiger partial charge in [-0.15, -0.1) is 0 Å². The van der Waals surface area contributed by atoms with E-state index in [1.807, 2.05) is 231 Å². The summed E-state index contributed by atoms with van der Waals surface area (Å²) in [6.45, 7) is 0. The molecule has 1 aliphatic rings. The van der Waals surface area contributed by atoms with Gasteiger partial charge in [-0.3, -0.25) is 0 Å². The van der Waals surface area contributed by atoms with E-state index >= 15 is 0 Å². The van der Waals surface area contributed by atoms with Crippen molar-refractivity contribution < 1.29 is 9.15 Å². The summed E-state index contributed by atoms with van der Waals surface area (Å²) in [6, 6.07) is 165. The number of anilines is 3. The Morgan fingerprint density at radius 2 is 0.432 bits per heavy atom. The Kier molecular flexibility index (Phi) is 21.4. The van der Waals surface area contributed by atoms with Crippen LogP contribution in [-0.2, 0) is 0 Å². The second-order valence-corrected chi connectivity index (χ2v) is 33.9. The van der Waals surface area contributed by atoms with Gasteiger partial charge in [0.05, 0.1) is 49.9 Å². The van der Waals surface area contributed by atoms with Gasteiger partial charge in [-0.25, -0.2) is 44.9 Å². The first-order valence-corrected chi connectivity index (χ1v) is 46.0. The third-order valence-electron chi connectivity index (χ3n) is 25.6. The second-order valence-electron chi connectivity index (χ2n) is 33.9. The summed E-state index contributed by atoms with van der Waals surface area (Å²) in [4.78, 5) is 46.1. The number of para-hydroxylation sites is 9. The topological polar surface area (TPSA) is 156 Å². The number of fused-ring (bicyclic) bond motifs is 15. The number of benzene rings is 19. The fraction of sp³-hybridized carbons (Fsp3) is 0.00806. The molecule has 0 spiro atoms. The Labute approximate surface area is 800 Å². The maximum atomic E-state index is 6.46. The predicted octanol–water partition coefficient (Wildman–Crippen LogP) is 31.7. The van der Waals surface area contributed by atoms with Crippen molar-refractivity contribution in [3.63, 3.8) is 0 Å². The molecular weight excluding hydrogens is 1700 g/mol. The number of hydrogen-bond acceptors (Lipinski definition) is 12. The average molecular weight is 1790 g/mol. The Hall–Kier alpha value is -19.0. The van der Waals surface area contributed by atoms with Gasteiger partial charge >= 0.3 is 0 Å². The zero-order valence-electron chi connectivity index (χ0n) is 74.2. The molecule has 0 amide bonds. The molecule has 19 aromatic carbocycles. The molecule has 7 aromatic heterocycles. The van der Waals surface area contributed by atoms with Gasteiger partial charge in [0.15, 0.2) is 63.9 Å². The van der Waals surface area contributed by atoms with Crippen molar-refractivity contribution in [1.82, 2.24) is 58.6 Å². The summed E-state index contributed by atoms with van der Waals surface area (Å²) >= 11 is 0. The first-order valence-electron chi connectivity index (χ1n) is 46.0. The van der Waals surface area contributed by atoms with Crippen molar-refractivity contribution in [3.8, 4) is 142 Å². The van der Waals surface area contributed by atoms with Crippen LogP contribution in [0.3, 0.4) is 0 Å². The third kappa shape index (κ3) is 15.5. The third-order valence-corrected chi connectivity index (χ3v) is 25.6. The summed E-state index contributed by atoms with van der Waals surface area (Å²) in [5, 5.41) is 9.47. The zero-order chi connectivity index (χ0) is 91.4. The molecule has 656 valence electrons. The second kappa shape index (κ2) is 35.9. The van der Waals surface area contributed by atoms with Crippen molar-refractivity contribution in [3.05, 3.63) is 479 Å². The highest BCUT2D eigenvalue weighted by molar-refractivity contribution is 6.24. The molecule has 0 bridgehead atoms. The Morgan fingerprint density at radius 1 is 0.173 bits per heavy atom. The molecule has 0 N–H and O–H groups in total. The van der Waals surface area contributed by atoms with Crippen molar-refractivity contribution in [2.75, 3.05) is 4.90 Å². The van der Waals surface area contributed by atoms with E-state index in [4.69, 9.17) is 54.0 Å². The molecule has 139 heavy (non-hydrogen) atoms. The van der Waals surface area contributed by atoms with E-state index in [-0.39, 0.29) is 7.43 Å². The first-order chi connectivity index (χ1) is 68.4. The number of rotatable bonds is 14. The molecule has 0 radical (unpaired) electrons. The first kappa shape index (κ1) is 83.1. The molecule has 0 unspecified atom stereocenters. The Balaban J connectivity index is 0.000000115. The van der Waals surface area contributed by atoms with Crippen LogP contribution in [0.5, 0.6) is 11.5 Å². The van der Waals surface area contributed by atoms with Crippen LogP contribution in [0.15, 0.2) is 484 Å². The maximum absolute atomic E-state index is 6.46. The van der Waals surface area contributed by atoms with Crippen LogP contribution < -0.4 is 9.64 Å². The smallest absolute Gasteiger partial charge is 0.164 e. The van der Waals surface area contributed by atoms with E-state index in [0.29, 0.717) is 52.4 Å². The van der Waals surface area contributed by atoms with Crippen LogP contribution in [0, 0.1) is 0 Å². The number of aromatic nitrogens is 12. The highest BCUT2D eigenvalue weighted by Crippen LogP contribution is 2.51. The van der Waals surface area contributed by atoms with Gasteiger partial charge in [0.2, 0.25) is 0 Å². The lowest BCUT2D eigenvalue weighted by atomic mass is 10.0. The quantitative estimate of drug-likeness (QED) is 0.102. The highest BCUT2D eigenvalue weighted by atomic mass is 16.5. The van der Waals surface area contributed by atoms with Crippen LogP contribution >= 0.6 is 0 Å². The molecule has 15 heteroatoms. The maximum Gasteiger partial charge on any atom is 0.164 e. The summed E-state index contributed by atoms with van der Waals surface area (Å²) in [5.41, 5.74) is 25.9. The Bertz CT molecular complexity index is 8860. The summed E-state index contributed by atoms with van der Waals surface area (Å²) in [6.07, 6.45) is 0. The van der Waals surface area contributed by atoms with Gasteiger partial charge in [-0.2, -0.15) is 0 Å². The van der Waals surface area contributed by atoms with E-state index < -0.39 is 0 Å². The molecule has 0 saturated heterocycles. The van der Waals surface area contributed by atoms with E-state index in [0.717, 1.165) is 150 Å². The fourth-order valence-corrected chi connectivity index (χ4v) is 19.0. The SMILES string of the molecule is C.c1ccc(-c2nc(-c3ccccc3)nc(-c3ccc(-n4c5ccccc5c5c6oc7ccccc7c6ccc54)cc3)n2)cc1.c1ccc(-c2nc(-c3ccccc3)nc(-c3ccc(-n4c5ccccc5c5cc(-c6ccc7c(c6)c6ccccc6n7-c6ccccc6)ccc54)cc3)n2)cc1.c1ccc(-c2nc(-c3ccccc3)nc(-c3ccc(N4c5ccccc5Oc5ccccc54)cc3)n2)cc1. The molecule has 0 aliphatic carbocycles. The minimum atomic E-state index is 0. The molecule has 26 aromatic rings. The summed E-state index contributed by atoms with van der Waals surface area (Å²) in [5.74, 6) is 7.45. The molecule has 8 heterocycles. The average Bonchev–Trinajstić information content (AvgIpc) is 1.57. The van der Waals surface area contributed by atoms with Crippen LogP contribution in [0.2, 0.25) is 0 Å². The van der Waals surface area contributed by atoms with E-state index in [9.17, 15) is 0 Å². The normalized spacial score (nSPS) is 11.6. The van der Waals surface area contributed by atoms with Crippen LogP contribution in [0.1, 0.15) is 7.43 Å². The molecule has 0 atom stereocenters. The standard InChI is InChI=1S/C51H33N5.C39H24N4O.C33H22N4O.CH4/c1-4-14-34(15-5-1)49-52-50(35-16-6-2-7-17-35)54-51(53-49)36-24-28-40(29-25-36)56-46-23-13-11-21-42(46)44-33-38(27-31-48(44)56)37-26-30-47-43(32-37)41-20-10-12-22-45(41)55(47)39-18-8-3-9-19-39;1-3-11-25(12-4-1)37-40-38(26-13-5-2-6-14-26)42-39(41-37)27-19-21-28(22-20-27)43-32-17-9-7-16-31(32)35-33(43)24-23-30-29-15-8-10-18-34(29)44-36(30)35;1-3-11-23(12-4-1)31-34-32(24-13-5-2-6-14-24)36-33(35-31)25-19-21-26(22-20-25)37-27-15-7-9-17-29(27)38-30-18-10-8-16-28(30)37;/h1-33H;1-24H;1-22H;1H4. The minimum absolute atomic E-state index is 0. The fourth-order valence-electron chi connectivity index (χ4n) is 19.0. The van der Waals surface area contributed by atoms with Crippen molar-refractivity contribution in [2.24, 2.45) is 0 Å². The van der Waals surface area contributed by atoms with Crippen molar-refractivity contribution in [2.45, 2.75) is 7.43 Å². The molecule has 1 aliphatic heterocycles. The van der Waals surface area contributed by atoms with Crippen molar-refractivity contribution >= 4 is 104 Å². The number of nitrogens with zero attached hydrogens (tertiary/aromatic N) is 13. The molecule has 0 saturated carbocycles. The molecule has 15 nitrogen and oxygen atoms in total. The van der Waals surface area contributed by atoms with Crippen LogP contribution in [0.4, 0.5) is 17.1 Å². The zero-order valence-corrected chi connectivity index (χ0v) is 74.2. The monoisotopic (exact) mass is 1790 g/mol. The minimum Gasteiger partial charge on any atom is -0.455 e. The largest absolute Gasteiger partial charge is 0.455 e. The molecule has 0 fully saturated rings. The van der Waals surface area contributed by atoms with Crippen LogP contribution in [0.25, 0.3) is 218 Å². The van der Waals surface area contributed by atoms with Crippen molar-refractivity contribution in [1.29, 1.82) is 0 Å². The lowest BCUT2D eigenvalue weighted by Crippen LogP contribution is -2.15. The van der Waals surface area contributed by atoms with E-state index in [1.165, 1.54) is 43.7 Å². The van der Waals surface area contributed by atoms with Crippen LogP contribution in [-0.4, -0.2) is 58.6 Å². The number of furan rings is 1. The Morgan fingerprint density at radius 3 is 0.806 bits per heavy atom. The van der Waals surface area contributed by atoms with Gasteiger partial charge in [0.1, 0.15) is 11.2 Å². The molecule has 27 rings (SSSR count). The molecular formula is C124H83N13O2. The predicted molar refractivity (Wildman–Crippen MR) is 566 cm³/mol. The van der Waals surface area contributed by atoms with Gasteiger partial charge < -0.3 is 27.8 Å².